The fraction of sp³-hybridized carbons (Fsp3) is 0.368. The average molecular weight is 370 g/mol. The first kappa shape index (κ1) is 18.6. The predicted molar refractivity (Wildman–Crippen MR) is 97.3 cm³/mol. The number of likely N-dealkylation sites (tertiary alicyclic amines) is 1. The van der Waals surface area contributed by atoms with E-state index in [0.29, 0.717) is 25.1 Å². The van der Waals surface area contributed by atoms with Crippen molar-refractivity contribution in [3.05, 3.63) is 48.6 Å². The van der Waals surface area contributed by atoms with E-state index in [1.54, 1.807) is 35.2 Å². The van der Waals surface area contributed by atoms with E-state index in [9.17, 15) is 19.2 Å². The molecule has 27 heavy (non-hydrogen) atoms. The van der Waals surface area contributed by atoms with E-state index in [0.717, 1.165) is 6.42 Å². The van der Waals surface area contributed by atoms with Gasteiger partial charge in [0.1, 0.15) is 0 Å². The number of carbonyl (C=O) groups excluding carboxylic acids is 4. The Balaban J connectivity index is 1.72. The third kappa shape index (κ3) is 3.69. The molecule has 0 radical (unpaired) electrons. The standard InChI is InChI=1S/C19H22N4O4/c1-2-15(24)23-10-6-7-13(11-23)16(25)20-12-19(14-8-4-3-5-9-14)17(26)21-18(27)22-19/h2-5,8-9,13H,1,6-7,10-12H2,(H,20,25)(H2,21,22,26,27). The third-order valence-electron chi connectivity index (χ3n) is 5.01. The zero-order valence-electron chi connectivity index (χ0n) is 14.9. The molecule has 0 spiro atoms. The number of amides is 5. The van der Waals surface area contributed by atoms with Gasteiger partial charge in [0.2, 0.25) is 11.8 Å². The number of hydrogen-bond acceptors (Lipinski definition) is 4. The number of hydrogen-bond donors (Lipinski definition) is 3. The minimum Gasteiger partial charge on any atom is -0.353 e. The van der Waals surface area contributed by atoms with E-state index >= 15 is 0 Å². The fourth-order valence-electron chi connectivity index (χ4n) is 3.53. The molecule has 1 aromatic rings. The molecule has 3 N–H and O–H groups in total. The summed E-state index contributed by atoms with van der Waals surface area (Å²) in [7, 11) is 0. The van der Waals surface area contributed by atoms with Crippen LogP contribution in [-0.2, 0) is 19.9 Å². The molecule has 0 bridgehead atoms. The highest BCUT2D eigenvalue weighted by Crippen LogP contribution is 2.25. The van der Waals surface area contributed by atoms with Crippen molar-refractivity contribution >= 4 is 23.8 Å². The van der Waals surface area contributed by atoms with E-state index in [2.05, 4.69) is 22.5 Å². The minimum atomic E-state index is -1.35. The van der Waals surface area contributed by atoms with E-state index in [-0.39, 0.29) is 24.3 Å². The highest BCUT2D eigenvalue weighted by molar-refractivity contribution is 6.07. The first-order chi connectivity index (χ1) is 13.0. The Morgan fingerprint density at radius 2 is 2.04 bits per heavy atom. The van der Waals surface area contributed by atoms with Crippen molar-refractivity contribution in [2.24, 2.45) is 5.92 Å². The SMILES string of the molecule is C=CC(=O)N1CCCC(C(=O)NCC2(c3ccccc3)NC(=O)NC2=O)C1. The van der Waals surface area contributed by atoms with Gasteiger partial charge in [-0.05, 0) is 24.5 Å². The van der Waals surface area contributed by atoms with Crippen LogP contribution in [0.3, 0.4) is 0 Å². The number of piperidine rings is 1. The molecule has 0 saturated carbocycles. The number of nitrogens with one attached hydrogen (secondary N) is 3. The molecule has 2 saturated heterocycles. The van der Waals surface area contributed by atoms with Crippen molar-refractivity contribution in [3.63, 3.8) is 0 Å². The quantitative estimate of drug-likeness (QED) is 0.510. The van der Waals surface area contributed by atoms with Gasteiger partial charge in [-0.15, -0.1) is 0 Å². The van der Waals surface area contributed by atoms with Crippen molar-refractivity contribution in [2.45, 2.75) is 18.4 Å². The number of nitrogens with zero attached hydrogens (tertiary/aromatic N) is 1. The van der Waals surface area contributed by atoms with E-state index in [1.807, 2.05) is 0 Å². The summed E-state index contributed by atoms with van der Waals surface area (Å²) in [5.41, 5.74) is -0.764. The minimum absolute atomic E-state index is 0.0701. The summed E-state index contributed by atoms with van der Waals surface area (Å²) in [5.74, 6) is -1.32. The van der Waals surface area contributed by atoms with Gasteiger partial charge < -0.3 is 15.5 Å². The lowest BCUT2D eigenvalue weighted by atomic mass is 9.89. The van der Waals surface area contributed by atoms with Gasteiger partial charge in [-0.2, -0.15) is 0 Å². The fourth-order valence-corrected chi connectivity index (χ4v) is 3.53. The van der Waals surface area contributed by atoms with Gasteiger partial charge in [0.05, 0.1) is 12.5 Å². The molecule has 5 amide bonds. The Bertz CT molecular complexity index is 779. The molecule has 0 aliphatic carbocycles. The number of rotatable bonds is 5. The lowest BCUT2D eigenvalue weighted by Gasteiger charge is -2.32. The summed E-state index contributed by atoms with van der Waals surface area (Å²) in [5, 5.41) is 7.65. The second kappa shape index (κ2) is 7.61. The Morgan fingerprint density at radius 1 is 1.30 bits per heavy atom. The van der Waals surface area contributed by atoms with Crippen LogP contribution in [0.25, 0.3) is 0 Å². The van der Waals surface area contributed by atoms with Crippen LogP contribution in [0.1, 0.15) is 18.4 Å². The first-order valence-corrected chi connectivity index (χ1v) is 8.84. The molecule has 2 fully saturated rings. The third-order valence-corrected chi connectivity index (χ3v) is 5.01. The summed E-state index contributed by atoms with van der Waals surface area (Å²) >= 11 is 0. The van der Waals surface area contributed by atoms with Gasteiger partial charge in [-0.3, -0.25) is 19.7 Å². The summed E-state index contributed by atoms with van der Waals surface area (Å²) < 4.78 is 0. The number of carbonyl (C=O) groups is 4. The summed E-state index contributed by atoms with van der Waals surface area (Å²) in [4.78, 5) is 50.2. The largest absolute Gasteiger partial charge is 0.353 e. The van der Waals surface area contributed by atoms with Crippen molar-refractivity contribution in [1.82, 2.24) is 20.9 Å². The molecule has 8 nitrogen and oxygen atoms in total. The summed E-state index contributed by atoms with van der Waals surface area (Å²) in [6.07, 6.45) is 2.62. The van der Waals surface area contributed by atoms with Crippen molar-refractivity contribution in [2.75, 3.05) is 19.6 Å². The summed E-state index contributed by atoms with van der Waals surface area (Å²) in [6, 6.07) is 8.17. The van der Waals surface area contributed by atoms with Gasteiger partial charge >= 0.3 is 6.03 Å². The molecule has 1 aromatic carbocycles. The Morgan fingerprint density at radius 3 is 2.67 bits per heavy atom. The number of imide groups is 1. The van der Waals surface area contributed by atoms with E-state index in [1.165, 1.54) is 6.08 Å². The highest BCUT2D eigenvalue weighted by atomic mass is 16.2. The number of urea groups is 1. The Kier molecular flexibility index (Phi) is 5.25. The maximum absolute atomic E-state index is 12.7. The van der Waals surface area contributed by atoms with Gasteiger partial charge in [0.15, 0.2) is 5.54 Å². The lowest BCUT2D eigenvalue weighted by molar-refractivity contribution is -0.132. The highest BCUT2D eigenvalue weighted by Gasteiger charge is 2.48. The topological polar surface area (TPSA) is 108 Å². The van der Waals surface area contributed by atoms with Gasteiger partial charge in [0.25, 0.3) is 5.91 Å². The van der Waals surface area contributed by atoms with Crippen LogP contribution < -0.4 is 16.0 Å². The zero-order chi connectivity index (χ0) is 19.4. The van der Waals surface area contributed by atoms with Gasteiger partial charge in [-0.1, -0.05) is 36.9 Å². The molecule has 8 heteroatoms. The Labute approximate surface area is 157 Å². The first-order valence-electron chi connectivity index (χ1n) is 8.84. The Hall–Kier alpha value is -3.16. The molecule has 2 atom stereocenters. The van der Waals surface area contributed by atoms with Crippen LogP contribution in [0.15, 0.2) is 43.0 Å². The lowest BCUT2D eigenvalue weighted by Crippen LogP contribution is -2.54. The zero-order valence-corrected chi connectivity index (χ0v) is 14.9. The van der Waals surface area contributed by atoms with Crippen LogP contribution in [0, 0.1) is 5.92 Å². The molecule has 0 aromatic heterocycles. The van der Waals surface area contributed by atoms with Crippen molar-refractivity contribution in [3.8, 4) is 0 Å². The normalized spacial score (nSPS) is 24.7. The molecule has 2 unspecified atom stereocenters. The second-order valence-corrected chi connectivity index (χ2v) is 6.72. The number of benzene rings is 1. The molecular weight excluding hydrogens is 348 g/mol. The molecule has 2 aliphatic rings. The van der Waals surface area contributed by atoms with Crippen molar-refractivity contribution in [1.29, 1.82) is 0 Å². The van der Waals surface area contributed by atoms with E-state index < -0.39 is 17.5 Å². The van der Waals surface area contributed by atoms with Crippen LogP contribution in [0.2, 0.25) is 0 Å². The van der Waals surface area contributed by atoms with Crippen LogP contribution in [-0.4, -0.2) is 48.3 Å². The van der Waals surface area contributed by atoms with Gasteiger partial charge in [0, 0.05) is 13.1 Å². The molecule has 2 heterocycles. The van der Waals surface area contributed by atoms with Crippen LogP contribution >= 0.6 is 0 Å². The van der Waals surface area contributed by atoms with Crippen LogP contribution in [0.5, 0.6) is 0 Å². The average Bonchev–Trinajstić information content (AvgIpc) is 3.00. The molecule has 2 aliphatic heterocycles. The molecule has 142 valence electrons. The predicted octanol–water partition coefficient (Wildman–Crippen LogP) is 0.262. The van der Waals surface area contributed by atoms with Crippen molar-refractivity contribution < 1.29 is 19.2 Å². The van der Waals surface area contributed by atoms with E-state index in [4.69, 9.17) is 0 Å². The van der Waals surface area contributed by atoms with Crippen LogP contribution in [0.4, 0.5) is 4.79 Å². The monoisotopic (exact) mass is 370 g/mol. The van der Waals surface area contributed by atoms with Gasteiger partial charge in [-0.25, -0.2) is 4.79 Å². The molecular formula is C19H22N4O4. The summed E-state index contributed by atoms with van der Waals surface area (Å²) in [6.45, 7) is 4.32. The smallest absolute Gasteiger partial charge is 0.322 e. The molecule has 3 rings (SSSR count). The second-order valence-electron chi connectivity index (χ2n) is 6.72. The maximum atomic E-state index is 12.7. The maximum Gasteiger partial charge on any atom is 0.322 e.